The van der Waals surface area contributed by atoms with Gasteiger partial charge in [0.15, 0.2) is 0 Å². The number of hydrogen-bond acceptors (Lipinski definition) is 4. The van der Waals surface area contributed by atoms with E-state index in [-0.39, 0.29) is 17.9 Å². The maximum atomic E-state index is 12.5. The molecular formula is C18H24N2O4. The summed E-state index contributed by atoms with van der Waals surface area (Å²) in [6, 6.07) is 6.99. The minimum Gasteiger partial charge on any atom is -0.480 e. The first-order valence-corrected chi connectivity index (χ1v) is 8.44. The summed E-state index contributed by atoms with van der Waals surface area (Å²) in [7, 11) is 0. The predicted molar refractivity (Wildman–Crippen MR) is 88.4 cm³/mol. The van der Waals surface area contributed by atoms with Crippen molar-refractivity contribution in [1.82, 2.24) is 10.2 Å². The van der Waals surface area contributed by atoms with Crippen LogP contribution in [0.3, 0.4) is 0 Å². The molecule has 0 aromatic heterocycles. The van der Waals surface area contributed by atoms with Gasteiger partial charge in [0, 0.05) is 19.6 Å². The van der Waals surface area contributed by atoms with Gasteiger partial charge in [0.2, 0.25) is 5.91 Å². The lowest BCUT2D eigenvalue weighted by molar-refractivity contribution is -0.139. The fraction of sp³-hybridized carbons (Fsp3) is 0.556. The molecule has 1 unspecified atom stereocenters. The first-order valence-electron chi connectivity index (χ1n) is 8.44. The maximum Gasteiger partial charge on any atom is 0.320 e. The van der Waals surface area contributed by atoms with Crippen molar-refractivity contribution in [2.45, 2.75) is 38.3 Å². The lowest BCUT2D eigenvalue weighted by atomic mass is 9.76. The second-order valence-corrected chi connectivity index (χ2v) is 7.01. The molecule has 3 rings (SSSR count). The van der Waals surface area contributed by atoms with Crippen LogP contribution in [0.4, 0.5) is 0 Å². The Labute approximate surface area is 141 Å². The molecule has 1 amide bonds. The van der Waals surface area contributed by atoms with Gasteiger partial charge in [-0.3, -0.25) is 9.59 Å². The minimum absolute atomic E-state index is 0.00774. The van der Waals surface area contributed by atoms with Gasteiger partial charge in [0.25, 0.3) is 0 Å². The zero-order valence-electron chi connectivity index (χ0n) is 13.7. The number of aliphatic hydroxyl groups excluding tert-OH is 1. The van der Waals surface area contributed by atoms with Crippen molar-refractivity contribution in [2.75, 3.05) is 19.6 Å². The lowest BCUT2D eigenvalue weighted by Gasteiger charge is -2.39. The molecule has 3 N–H and O–H groups in total. The standard InChI is InChI=1S/C18H24N2O4/c21-11-14-3-1-13(2-4-14)9-16(22)20-7-5-18(6-8-20)10-15(17(23)24)19-12-18/h1-4,15,19,21H,5-12H2,(H,23,24). The number of carboxylic acids is 1. The van der Waals surface area contributed by atoms with E-state index >= 15 is 0 Å². The molecule has 2 aliphatic rings. The zero-order valence-corrected chi connectivity index (χ0v) is 13.7. The summed E-state index contributed by atoms with van der Waals surface area (Å²) in [5.41, 5.74) is 1.82. The van der Waals surface area contributed by atoms with Crippen molar-refractivity contribution in [2.24, 2.45) is 5.41 Å². The van der Waals surface area contributed by atoms with E-state index in [9.17, 15) is 9.59 Å². The van der Waals surface area contributed by atoms with Crippen molar-refractivity contribution in [3.63, 3.8) is 0 Å². The van der Waals surface area contributed by atoms with Crippen LogP contribution in [0.15, 0.2) is 24.3 Å². The Kier molecular flexibility index (Phi) is 4.87. The molecule has 1 spiro atoms. The highest BCUT2D eigenvalue weighted by molar-refractivity contribution is 5.79. The first-order chi connectivity index (χ1) is 11.5. The molecule has 1 aromatic rings. The van der Waals surface area contributed by atoms with Gasteiger partial charge in [-0.1, -0.05) is 24.3 Å². The summed E-state index contributed by atoms with van der Waals surface area (Å²) in [5, 5.41) is 21.3. The Morgan fingerprint density at radius 3 is 2.33 bits per heavy atom. The van der Waals surface area contributed by atoms with Gasteiger partial charge in [-0.15, -0.1) is 0 Å². The SMILES string of the molecule is O=C(O)C1CC2(CCN(C(=O)Cc3ccc(CO)cc3)CC2)CN1. The predicted octanol–water partition coefficient (Wildman–Crippen LogP) is 0.777. The number of rotatable bonds is 4. The quantitative estimate of drug-likeness (QED) is 0.758. The molecule has 6 nitrogen and oxygen atoms in total. The van der Waals surface area contributed by atoms with E-state index in [1.165, 1.54) is 0 Å². The highest BCUT2D eigenvalue weighted by atomic mass is 16.4. The molecular weight excluding hydrogens is 308 g/mol. The molecule has 24 heavy (non-hydrogen) atoms. The molecule has 2 aliphatic heterocycles. The minimum atomic E-state index is -0.781. The number of amides is 1. The fourth-order valence-electron chi connectivity index (χ4n) is 3.75. The number of nitrogens with one attached hydrogen (secondary N) is 1. The molecule has 1 atom stereocenters. The number of carboxylic acid groups (broad SMARTS) is 1. The zero-order chi connectivity index (χ0) is 17.2. The Morgan fingerprint density at radius 1 is 1.17 bits per heavy atom. The highest BCUT2D eigenvalue weighted by Gasteiger charge is 2.44. The van der Waals surface area contributed by atoms with Crippen molar-refractivity contribution in [1.29, 1.82) is 0 Å². The van der Waals surface area contributed by atoms with Gasteiger partial charge in [0.1, 0.15) is 6.04 Å². The smallest absolute Gasteiger partial charge is 0.320 e. The second kappa shape index (κ2) is 6.91. The molecule has 0 saturated carbocycles. The van der Waals surface area contributed by atoms with Crippen LogP contribution in [0.25, 0.3) is 0 Å². The number of nitrogens with zero attached hydrogens (tertiary/aromatic N) is 1. The van der Waals surface area contributed by atoms with E-state index < -0.39 is 12.0 Å². The summed E-state index contributed by atoms with van der Waals surface area (Å²) < 4.78 is 0. The van der Waals surface area contributed by atoms with E-state index in [0.29, 0.717) is 25.9 Å². The van der Waals surface area contributed by atoms with Crippen LogP contribution in [0.2, 0.25) is 0 Å². The molecule has 6 heteroatoms. The average molecular weight is 332 g/mol. The van der Waals surface area contributed by atoms with Crippen LogP contribution >= 0.6 is 0 Å². The van der Waals surface area contributed by atoms with E-state index in [2.05, 4.69) is 5.32 Å². The van der Waals surface area contributed by atoms with Crippen molar-refractivity contribution in [3.05, 3.63) is 35.4 Å². The maximum absolute atomic E-state index is 12.5. The molecule has 130 valence electrons. The van der Waals surface area contributed by atoms with E-state index in [1.54, 1.807) is 0 Å². The van der Waals surface area contributed by atoms with Crippen molar-refractivity contribution >= 4 is 11.9 Å². The van der Waals surface area contributed by atoms with Crippen molar-refractivity contribution in [3.8, 4) is 0 Å². The third-order valence-corrected chi connectivity index (χ3v) is 5.40. The number of hydrogen-bond donors (Lipinski definition) is 3. The number of carbonyl (C=O) groups excluding carboxylic acids is 1. The number of likely N-dealkylation sites (tertiary alicyclic amines) is 1. The topological polar surface area (TPSA) is 89.9 Å². The summed E-state index contributed by atoms with van der Waals surface area (Å²) in [5.74, 6) is -0.668. The summed E-state index contributed by atoms with van der Waals surface area (Å²) in [6.45, 7) is 2.13. The Bertz CT molecular complexity index is 606. The fourth-order valence-corrected chi connectivity index (χ4v) is 3.75. The Morgan fingerprint density at radius 2 is 1.79 bits per heavy atom. The van der Waals surface area contributed by atoms with Crippen LogP contribution in [0.5, 0.6) is 0 Å². The van der Waals surface area contributed by atoms with Crippen LogP contribution in [-0.4, -0.2) is 52.7 Å². The molecule has 2 fully saturated rings. The summed E-state index contributed by atoms with van der Waals surface area (Å²) >= 11 is 0. The lowest BCUT2D eigenvalue weighted by Crippen LogP contribution is -2.44. The molecule has 0 aliphatic carbocycles. The Hall–Kier alpha value is -1.92. The number of benzene rings is 1. The highest BCUT2D eigenvalue weighted by Crippen LogP contribution is 2.39. The largest absolute Gasteiger partial charge is 0.480 e. The third-order valence-electron chi connectivity index (χ3n) is 5.40. The van der Waals surface area contributed by atoms with Gasteiger partial charge in [0.05, 0.1) is 13.0 Å². The number of carbonyl (C=O) groups is 2. The molecule has 0 bridgehead atoms. The summed E-state index contributed by atoms with van der Waals surface area (Å²) in [4.78, 5) is 25.5. The van der Waals surface area contributed by atoms with Gasteiger partial charge in [-0.05, 0) is 35.8 Å². The van der Waals surface area contributed by atoms with E-state index in [0.717, 1.165) is 30.5 Å². The van der Waals surface area contributed by atoms with Gasteiger partial charge < -0.3 is 20.4 Å². The number of aliphatic hydroxyl groups is 1. The van der Waals surface area contributed by atoms with Crippen LogP contribution < -0.4 is 5.32 Å². The molecule has 0 radical (unpaired) electrons. The Balaban J connectivity index is 1.52. The molecule has 2 heterocycles. The van der Waals surface area contributed by atoms with Crippen LogP contribution in [0, 0.1) is 5.41 Å². The van der Waals surface area contributed by atoms with E-state index in [1.807, 2.05) is 29.2 Å². The van der Waals surface area contributed by atoms with Gasteiger partial charge >= 0.3 is 5.97 Å². The van der Waals surface area contributed by atoms with Crippen LogP contribution in [0.1, 0.15) is 30.4 Å². The number of piperidine rings is 1. The monoisotopic (exact) mass is 332 g/mol. The van der Waals surface area contributed by atoms with Gasteiger partial charge in [-0.2, -0.15) is 0 Å². The average Bonchev–Trinajstić information content (AvgIpc) is 3.00. The van der Waals surface area contributed by atoms with Gasteiger partial charge in [-0.25, -0.2) is 0 Å². The normalized spacial score (nSPS) is 22.7. The molecule has 2 saturated heterocycles. The van der Waals surface area contributed by atoms with Crippen molar-refractivity contribution < 1.29 is 19.8 Å². The first kappa shape index (κ1) is 16.9. The van der Waals surface area contributed by atoms with Crippen LogP contribution in [-0.2, 0) is 22.6 Å². The molecule has 1 aromatic carbocycles. The second-order valence-electron chi connectivity index (χ2n) is 7.01. The third kappa shape index (κ3) is 3.60. The number of aliphatic carboxylic acids is 1. The van der Waals surface area contributed by atoms with E-state index in [4.69, 9.17) is 10.2 Å². The summed E-state index contributed by atoms with van der Waals surface area (Å²) in [6.07, 6.45) is 2.75.